The van der Waals surface area contributed by atoms with E-state index in [0.717, 1.165) is 5.56 Å². The van der Waals surface area contributed by atoms with E-state index in [1.165, 1.54) is 0 Å². The number of nitrogens with zero attached hydrogens (tertiary/aromatic N) is 1. The molecule has 1 aromatic carbocycles. The summed E-state index contributed by atoms with van der Waals surface area (Å²) in [6.07, 6.45) is 1.66. The van der Waals surface area contributed by atoms with Gasteiger partial charge >= 0.3 is 0 Å². The zero-order chi connectivity index (χ0) is 16.4. The van der Waals surface area contributed by atoms with Crippen molar-refractivity contribution in [1.82, 2.24) is 4.90 Å². The minimum Gasteiger partial charge on any atom is -0.378 e. The molecule has 1 saturated carbocycles. The van der Waals surface area contributed by atoms with Crippen molar-refractivity contribution in [1.29, 1.82) is 0 Å². The van der Waals surface area contributed by atoms with Gasteiger partial charge in [0.05, 0.1) is 23.4 Å². The first-order valence-corrected chi connectivity index (χ1v) is 9.70. The Kier molecular flexibility index (Phi) is 4.73. The molecular formula is C17H23NO4S. The van der Waals surface area contributed by atoms with Crippen LogP contribution in [0.4, 0.5) is 0 Å². The Labute approximate surface area is 137 Å². The number of benzene rings is 1. The maximum atomic E-state index is 12.7. The average molecular weight is 337 g/mol. The van der Waals surface area contributed by atoms with Crippen LogP contribution in [0.25, 0.3) is 0 Å². The van der Waals surface area contributed by atoms with Crippen LogP contribution in [0.2, 0.25) is 0 Å². The summed E-state index contributed by atoms with van der Waals surface area (Å²) in [6.45, 7) is 4.31. The third-order valence-electron chi connectivity index (χ3n) is 4.84. The Morgan fingerprint density at radius 1 is 1.13 bits per heavy atom. The van der Waals surface area contributed by atoms with Gasteiger partial charge in [-0.15, -0.1) is 0 Å². The molecule has 0 spiro atoms. The number of morpholine rings is 1. The van der Waals surface area contributed by atoms with Crippen molar-refractivity contribution in [3.05, 3.63) is 29.8 Å². The predicted octanol–water partition coefficient (Wildman–Crippen LogP) is 1.80. The van der Waals surface area contributed by atoms with E-state index in [1.807, 2.05) is 24.0 Å². The Bertz CT molecular complexity index is 662. The summed E-state index contributed by atoms with van der Waals surface area (Å²) in [6, 6.07) is 6.97. The van der Waals surface area contributed by atoms with E-state index in [1.54, 1.807) is 12.1 Å². The number of ether oxygens (including phenoxy) is 1. The molecule has 2 fully saturated rings. The van der Waals surface area contributed by atoms with Crippen molar-refractivity contribution in [3.63, 3.8) is 0 Å². The molecular weight excluding hydrogens is 314 g/mol. The number of sulfone groups is 1. The largest absolute Gasteiger partial charge is 0.378 e. The number of rotatable bonds is 3. The van der Waals surface area contributed by atoms with Crippen LogP contribution < -0.4 is 0 Å². The number of hydrogen-bond donors (Lipinski definition) is 0. The van der Waals surface area contributed by atoms with E-state index in [4.69, 9.17) is 4.74 Å². The summed E-state index contributed by atoms with van der Waals surface area (Å²) in [5.74, 6) is -0.0757. The highest BCUT2D eigenvalue weighted by atomic mass is 32.2. The predicted molar refractivity (Wildman–Crippen MR) is 86.9 cm³/mol. The van der Waals surface area contributed by atoms with E-state index in [2.05, 4.69) is 0 Å². The van der Waals surface area contributed by atoms with Crippen molar-refractivity contribution in [2.24, 2.45) is 5.92 Å². The molecule has 1 aromatic rings. The van der Waals surface area contributed by atoms with Crippen molar-refractivity contribution < 1.29 is 17.9 Å². The maximum Gasteiger partial charge on any atom is 0.225 e. The summed E-state index contributed by atoms with van der Waals surface area (Å²) < 4.78 is 30.8. The molecule has 1 aliphatic carbocycles. The molecule has 1 amide bonds. The molecule has 1 saturated heterocycles. The summed E-state index contributed by atoms with van der Waals surface area (Å²) >= 11 is 0. The Morgan fingerprint density at radius 3 is 2.43 bits per heavy atom. The molecule has 5 nitrogen and oxygen atoms in total. The van der Waals surface area contributed by atoms with Gasteiger partial charge in [0.2, 0.25) is 5.91 Å². The Hall–Kier alpha value is -1.40. The Morgan fingerprint density at radius 2 is 1.78 bits per heavy atom. The lowest BCUT2D eigenvalue weighted by molar-refractivity contribution is -0.139. The summed E-state index contributed by atoms with van der Waals surface area (Å²) in [5.41, 5.74) is 1.04. The van der Waals surface area contributed by atoms with E-state index >= 15 is 0 Å². The first kappa shape index (κ1) is 16.5. The zero-order valence-electron chi connectivity index (χ0n) is 13.4. The van der Waals surface area contributed by atoms with Gasteiger partial charge in [0.1, 0.15) is 0 Å². The first-order valence-electron chi connectivity index (χ1n) is 8.15. The van der Waals surface area contributed by atoms with Gasteiger partial charge in [0.15, 0.2) is 9.84 Å². The lowest BCUT2D eigenvalue weighted by Gasteiger charge is -2.29. The second-order valence-corrected chi connectivity index (χ2v) is 8.66. The highest BCUT2D eigenvalue weighted by Gasteiger charge is 2.39. The normalized spacial score (nSPS) is 25.5. The van der Waals surface area contributed by atoms with Crippen LogP contribution in [0.5, 0.6) is 0 Å². The van der Waals surface area contributed by atoms with Crippen molar-refractivity contribution in [2.75, 3.05) is 26.3 Å². The molecule has 1 heterocycles. The molecule has 23 heavy (non-hydrogen) atoms. The lowest BCUT2D eigenvalue weighted by atomic mass is 10.1. The minimum absolute atomic E-state index is 0.0925. The summed E-state index contributed by atoms with van der Waals surface area (Å²) in [4.78, 5) is 14.7. The highest BCUT2D eigenvalue weighted by molar-refractivity contribution is 7.92. The quantitative estimate of drug-likeness (QED) is 0.844. The van der Waals surface area contributed by atoms with Gasteiger partial charge in [-0.25, -0.2) is 8.42 Å². The third kappa shape index (κ3) is 3.43. The van der Waals surface area contributed by atoms with Crippen LogP contribution in [0, 0.1) is 12.8 Å². The first-order chi connectivity index (χ1) is 11.0. The third-order valence-corrected chi connectivity index (χ3v) is 7.08. The van der Waals surface area contributed by atoms with Crippen LogP contribution in [0.15, 0.2) is 29.2 Å². The molecule has 1 aliphatic heterocycles. The molecule has 0 N–H and O–H groups in total. The fraction of sp³-hybridized carbons (Fsp3) is 0.588. The van der Waals surface area contributed by atoms with Crippen LogP contribution >= 0.6 is 0 Å². The van der Waals surface area contributed by atoms with E-state index < -0.39 is 15.1 Å². The van der Waals surface area contributed by atoms with Crippen molar-refractivity contribution >= 4 is 15.7 Å². The van der Waals surface area contributed by atoms with Gasteiger partial charge in [0.25, 0.3) is 0 Å². The number of carbonyl (C=O) groups excluding carboxylic acids is 1. The van der Waals surface area contributed by atoms with Gasteiger partial charge in [-0.2, -0.15) is 0 Å². The molecule has 6 heteroatoms. The minimum atomic E-state index is -3.35. The van der Waals surface area contributed by atoms with Gasteiger partial charge in [-0.1, -0.05) is 17.7 Å². The van der Waals surface area contributed by atoms with Crippen LogP contribution in [-0.4, -0.2) is 50.8 Å². The van der Waals surface area contributed by atoms with Crippen molar-refractivity contribution in [2.45, 2.75) is 36.3 Å². The van der Waals surface area contributed by atoms with Crippen LogP contribution in [0.3, 0.4) is 0 Å². The SMILES string of the molecule is Cc1ccc(S(=O)(=O)[C@@H]2CC[C@@H](C(=O)N3CCOCC3)C2)cc1. The van der Waals surface area contributed by atoms with E-state index in [-0.39, 0.29) is 11.8 Å². The van der Waals surface area contributed by atoms with Crippen LogP contribution in [-0.2, 0) is 19.4 Å². The summed E-state index contributed by atoms with van der Waals surface area (Å²) in [7, 11) is -3.35. The second kappa shape index (κ2) is 6.61. The number of amides is 1. The van der Waals surface area contributed by atoms with Gasteiger partial charge in [0, 0.05) is 19.0 Å². The smallest absolute Gasteiger partial charge is 0.225 e. The monoisotopic (exact) mass is 337 g/mol. The van der Waals surface area contributed by atoms with Gasteiger partial charge in [-0.05, 0) is 38.3 Å². The number of aryl methyl sites for hydroxylation is 1. The van der Waals surface area contributed by atoms with Crippen molar-refractivity contribution in [3.8, 4) is 0 Å². The molecule has 0 aromatic heterocycles. The van der Waals surface area contributed by atoms with Crippen LogP contribution in [0.1, 0.15) is 24.8 Å². The number of hydrogen-bond acceptors (Lipinski definition) is 4. The standard InChI is InChI=1S/C17H23NO4S/c1-13-2-5-15(6-3-13)23(20,21)16-7-4-14(12-16)17(19)18-8-10-22-11-9-18/h2-3,5-6,14,16H,4,7-12H2,1H3/t14-,16-/m1/s1. The second-order valence-electron chi connectivity index (χ2n) is 6.43. The molecule has 2 aliphatic rings. The van der Waals surface area contributed by atoms with E-state index in [9.17, 15) is 13.2 Å². The topological polar surface area (TPSA) is 63.7 Å². The Balaban J connectivity index is 1.69. The lowest BCUT2D eigenvalue weighted by Crippen LogP contribution is -2.43. The fourth-order valence-electron chi connectivity index (χ4n) is 3.41. The van der Waals surface area contributed by atoms with Gasteiger partial charge in [-0.3, -0.25) is 4.79 Å². The number of carbonyl (C=O) groups is 1. The molecule has 0 radical (unpaired) electrons. The summed E-state index contributed by atoms with van der Waals surface area (Å²) in [5, 5.41) is -0.444. The molecule has 126 valence electrons. The molecule has 3 rings (SSSR count). The zero-order valence-corrected chi connectivity index (χ0v) is 14.2. The van der Waals surface area contributed by atoms with E-state index in [0.29, 0.717) is 50.5 Å². The van der Waals surface area contributed by atoms with Gasteiger partial charge < -0.3 is 9.64 Å². The fourth-order valence-corrected chi connectivity index (χ4v) is 5.24. The highest BCUT2D eigenvalue weighted by Crippen LogP contribution is 2.35. The average Bonchev–Trinajstić information content (AvgIpc) is 3.06. The molecule has 0 bridgehead atoms. The maximum absolute atomic E-state index is 12.7. The molecule has 0 unspecified atom stereocenters. The molecule has 2 atom stereocenters.